The van der Waals surface area contributed by atoms with Crippen molar-refractivity contribution in [1.82, 2.24) is 4.72 Å². The molecule has 0 bridgehead atoms. The van der Waals surface area contributed by atoms with Crippen LogP contribution in [0.3, 0.4) is 0 Å². The lowest BCUT2D eigenvalue weighted by atomic mass is 10.00. The minimum absolute atomic E-state index is 0.0219. The van der Waals surface area contributed by atoms with Gasteiger partial charge in [-0.2, -0.15) is 0 Å². The van der Waals surface area contributed by atoms with Crippen LogP contribution in [0, 0.1) is 0 Å². The molecular formula is C21H21NO2S. The van der Waals surface area contributed by atoms with E-state index in [2.05, 4.69) is 4.72 Å². The summed E-state index contributed by atoms with van der Waals surface area (Å²) >= 11 is 0. The molecule has 0 unspecified atom stereocenters. The molecule has 0 aromatic heterocycles. The zero-order valence-electron chi connectivity index (χ0n) is 13.9. The van der Waals surface area contributed by atoms with Gasteiger partial charge in [-0.25, -0.2) is 13.1 Å². The molecular weight excluding hydrogens is 330 g/mol. The highest BCUT2D eigenvalue weighted by molar-refractivity contribution is 7.88. The maximum Gasteiger partial charge on any atom is 0.216 e. The van der Waals surface area contributed by atoms with Gasteiger partial charge in [-0.05, 0) is 23.1 Å². The van der Waals surface area contributed by atoms with Crippen molar-refractivity contribution in [3.05, 3.63) is 108 Å². The summed E-state index contributed by atoms with van der Waals surface area (Å²) in [6.45, 7) is 0. The molecule has 0 fully saturated rings. The van der Waals surface area contributed by atoms with Gasteiger partial charge in [0.15, 0.2) is 0 Å². The summed E-state index contributed by atoms with van der Waals surface area (Å²) in [5, 5.41) is 0. The Balaban J connectivity index is 1.82. The molecule has 3 nitrogen and oxygen atoms in total. The van der Waals surface area contributed by atoms with Crippen LogP contribution in [0.15, 0.2) is 91.0 Å². The molecule has 0 spiro atoms. The van der Waals surface area contributed by atoms with Crippen molar-refractivity contribution < 1.29 is 8.42 Å². The second-order valence-corrected chi connectivity index (χ2v) is 7.77. The van der Waals surface area contributed by atoms with Gasteiger partial charge < -0.3 is 0 Å². The molecule has 0 amide bonds. The van der Waals surface area contributed by atoms with E-state index in [1.165, 1.54) is 0 Å². The third kappa shape index (κ3) is 5.28. The zero-order valence-corrected chi connectivity index (χ0v) is 14.7. The Hall–Kier alpha value is -2.43. The highest BCUT2D eigenvalue weighted by Gasteiger charge is 2.20. The second kappa shape index (κ2) is 8.10. The highest BCUT2D eigenvalue weighted by atomic mass is 32.2. The summed E-state index contributed by atoms with van der Waals surface area (Å²) in [5.41, 5.74) is 2.84. The lowest BCUT2D eigenvalue weighted by molar-refractivity contribution is 0.554. The number of benzene rings is 3. The van der Waals surface area contributed by atoms with Crippen molar-refractivity contribution in [2.75, 3.05) is 0 Å². The quantitative estimate of drug-likeness (QED) is 0.697. The Morgan fingerprint density at radius 2 is 1.16 bits per heavy atom. The smallest absolute Gasteiger partial charge is 0.212 e. The number of rotatable bonds is 7. The maximum atomic E-state index is 12.7. The summed E-state index contributed by atoms with van der Waals surface area (Å²) in [4.78, 5) is 0. The van der Waals surface area contributed by atoms with Gasteiger partial charge in [-0.1, -0.05) is 91.0 Å². The minimum atomic E-state index is -3.45. The second-order valence-electron chi connectivity index (χ2n) is 6.02. The van der Waals surface area contributed by atoms with Crippen LogP contribution in [-0.2, 0) is 22.2 Å². The standard InChI is InChI=1S/C21H21NO2S/c23-25(24,17-19-12-6-2-7-13-19)22-21(20-14-8-3-9-15-20)16-18-10-4-1-5-11-18/h1-15,21-22H,16-17H2/t21-/m1/s1. The predicted octanol–water partition coefficient (Wildman–Crippen LogP) is 4.09. The van der Waals surface area contributed by atoms with Crippen molar-refractivity contribution in [2.45, 2.75) is 18.2 Å². The van der Waals surface area contributed by atoms with Gasteiger partial charge in [-0.3, -0.25) is 0 Å². The van der Waals surface area contributed by atoms with Crippen molar-refractivity contribution in [3.63, 3.8) is 0 Å². The molecule has 0 saturated heterocycles. The molecule has 0 aliphatic carbocycles. The van der Waals surface area contributed by atoms with E-state index in [-0.39, 0.29) is 11.8 Å². The molecule has 128 valence electrons. The van der Waals surface area contributed by atoms with E-state index >= 15 is 0 Å². The molecule has 3 aromatic carbocycles. The summed E-state index contributed by atoms with van der Waals surface area (Å²) in [7, 11) is -3.45. The summed E-state index contributed by atoms with van der Waals surface area (Å²) in [6.07, 6.45) is 0.610. The van der Waals surface area contributed by atoms with Gasteiger partial charge in [0.1, 0.15) is 0 Å². The van der Waals surface area contributed by atoms with Gasteiger partial charge in [-0.15, -0.1) is 0 Å². The first-order chi connectivity index (χ1) is 12.1. The third-order valence-electron chi connectivity index (χ3n) is 4.01. The van der Waals surface area contributed by atoms with Crippen LogP contribution < -0.4 is 4.72 Å². The van der Waals surface area contributed by atoms with E-state index in [0.717, 1.165) is 16.7 Å². The average Bonchev–Trinajstić information content (AvgIpc) is 2.63. The first-order valence-electron chi connectivity index (χ1n) is 8.25. The van der Waals surface area contributed by atoms with E-state index in [0.29, 0.717) is 6.42 Å². The zero-order chi connectivity index (χ0) is 17.5. The fourth-order valence-electron chi connectivity index (χ4n) is 2.81. The molecule has 1 N–H and O–H groups in total. The van der Waals surface area contributed by atoms with Crippen LogP contribution in [-0.4, -0.2) is 8.42 Å². The molecule has 0 radical (unpaired) electrons. The van der Waals surface area contributed by atoms with Crippen LogP contribution in [0.5, 0.6) is 0 Å². The van der Waals surface area contributed by atoms with E-state index in [1.54, 1.807) is 0 Å². The molecule has 1 atom stereocenters. The largest absolute Gasteiger partial charge is 0.216 e. The predicted molar refractivity (Wildman–Crippen MR) is 102 cm³/mol. The van der Waals surface area contributed by atoms with Crippen molar-refractivity contribution in [2.24, 2.45) is 0 Å². The molecule has 0 aliphatic rings. The number of nitrogens with one attached hydrogen (secondary N) is 1. The van der Waals surface area contributed by atoms with Crippen LogP contribution in [0.2, 0.25) is 0 Å². The molecule has 0 heterocycles. The Kier molecular flexibility index (Phi) is 5.64. The maximum absolute atomic E-state index is 12.7. The SMILES string of the molecule is O=S(=O)(Cc1ccccc1)N[C@H](Cc1ccccc1)c1ccccc1. The van der Waals surface area contributed by atoms with Crippen LogP contribution in [0.1, 0.15) is 22.7 Å². The first kappa shape index (κ1) is 17.4. The minimum Gasteiger partial charge on any atom is -0.212 e. The topological polar surface area (TPSA) is 46.2 Å². The number of hydrogen-bond acceptors (Lipinski definition) is 2. The van der Waals surface area contributed by atoms with E-state index in [4.69, 9.17) is 0 Å². The molecule has 4 heteroatoms. The van der Waals surface area contributed by atoms with Crippen molar-refractivity contribution in [3.8, 4) is 0 Å². The summed E-state index contributed by atoms with van der Waals surface area (Å²) < 4.78 is 28.2. The van der Waals surface area contributed by atoms with E-state index in [1.807, 2.05) is 91.0 Å². The third-order valence-corrected chi connectivity index (χ3v) is 5.36. The Labute approximate surface area is 149 Å². The lowest BCUT2D eigenvalue weighted by Gasteiger charge is -2.19. The Morgan fingerprint density at radius 1 is 0.680 bits per heavy atom. The number of hydrogen-bond donors (Lipinski definition) is 1. The van der Waals surface area contributed by atoms with Gasteiger partial charge in [0.25, 0.3) is 0 Å². The van der Waals surface area contributed by atoms with Gasteiger partial charge in [0, 0.05) is 0 Å². The van der Waals surface area contributed by atoms with Crippen LogP contribution in [0.25, 0.3) is 0 Å². The fourth-order valence-corrected chi connectivity index (χ4v) is 4.18. The molecule has 25 heavy (non-hydrogen) atoms. The fraction of sp³-hybridized carbons (Fsp3) is 0.143. The van der Waals surface area contributed by atoms with Gasteiger partial charge >= 0.3 is 0 Å². The molecule has 0 saturated carbocycles. The average molecular weight is 351 g/mol. The van der Waals surface area contributed by atoms with Crippen molar-refractivity contribution in [1.29, 1.82) is 0 Å². The monoisotopic (exact) mass is 351 g/mol. The highest BCUT2D eigenvalue weighted by Crippen LogP contribution is 2.20. The van der Waals surface area contributed by atoms with Gasteiger partial charge in [0.05, 0.1) is 11.8 Å². The van der Waals surface area contributed by atoms with Gasteiger partial charge in [0.2, 0.25) is 10.0 Å². The van der Waals surface area contributed by atoms with E-state index in [9.17, 15) is 8.42 Å². The summed E-state index contributed by atoms with van der Waals surface area (Å²) in [5.74, 6) is -0.0219. The van der Waals surface area contributed by atoms with Crippen molar-refractivity contribution >= 4 is 10.0 Å². The molecule has 0 aliphatic heterocycles. The molecule has 3 rings (SSSR count). The van der Waals surface area contributed by atoms with E-state index < -0.39 is 10.0 Å². The lowest BCUT2D eigenvalue weighted by Crippen LogP contribution is -2.31. The van der Waals surface area contributed by atoms with Crippen LogP contribution >= 0.6 is 0 Å². The summed E-state index contributed by atoms with van der Waals surface area (Å²) in [6, 6.07) is 28.6. The Bertz CT molecular complexity index is 879. The normalized spacial score (nSPS) is 12.6. The first-order valence-corrected chi connectivity index (χ1v) is 9.90. The number of sulfonamides is 1. The van der Waals surface area contributed by atoms with Crippen LogP contribution in [0.4, 0.5) is 0 Å². The Morgan fingerprint density at radius 3 is 1.72 bits per heavy atom. The molecule has 3 aromatic rings.